The molecule has 0 aliphatic rings. The van der Waals surface area contributed by atoms with Crippen molar-refractivity contribution in [3.8, 4) is 11.5 Å². The van der Waals surface area contributed by atoms with Crippen molar-refractivity contribution < 1.29 is 18.7 Å². The predicted molar refractivity (Wildman–Crippen MR) is 86.0 cm³/mol. The first kappa shape index (κ1) is 14.9. The second kappa shape index (κ2) is 5.64. The molecule has 3 rings (SSSR count). The molecule has 23 heavy (non-hydrogen) atoms. The van der Waals surface area contributed by atoms with E-state index in [1.165, 1.54) is 7.11 Å². The van der Waals surface area contributed by atoms with Crippen molar-refractivity contribution in [1.82, 2.24) is 0 Å². The molecule has 1 aromatic heterocycles. The Morgan fingerprint density at radius 1 is 1.17 bits per heavy atom. The number of rotatable bonds is 4. The van der Waals surface area contributed by atoms with Crippen molar-refractivity contribution in [2.75, 3.05) is 13.7 Å². The van der Waals surface area contributed by atoms with E-state index in [0.717, 1.165) is 10.8 Å². The number of methoxy groups -OCH3 is 1. The topological polar surface area (TPSA) is 91.8 Å². The number of ether oxygens (including phenoxy) is 2. The molecule has 0 spiro atoms. The highest BCUT2D eigenvalue weighted by Gasteiger charge is 2.13. The Morgan fingerprint density at radius 2 is 1.91 bits per heavy atom. The molecular weight excluding hydrogens is 298 g/mol. The van der Waals surface area contributed by atoms with E-state index in [4.69, 9.17) is 19.6 Å². The summed E-state index contributed by atoms with van der Waals surface area (Å²) in [6.07, 6.45) is 0. The molecule has 0 unspecified atom stereocenters. The molecule has 0 saturated heterocycles. The van der Waals surface area contributed by atoms with Gasteiger partial charge in [0.1, 0.15) is 17.1 Å². The molecule has 6 heteroatoms. The first-order valence-corrected chi connectivity index (χ1v) is 6.96. The molecule has 0 atom stereocenters. The Kier molecular flexibility index (Phi) is 3.65. The van der Waals surface area contributed by atoms with E-state index in [-0.39, 0.29) is 6.61 Å². The summed E-state index contributed by atoms with van der Waals surface area (Å²) in [5.74, 6) is 0.464. The monoisotopic (exact) mass is 313 g/mol. The zero-order valence-electron chi connectivity index (χ0n) is 12.7. The lowest BCUT2D eigenvalue weighted by Gasteiger charge is -2.11. The van der Waals surface area contributed by atoms with E-state index < -0.39 is 11.5 Å². The minimum absolute atomic E-state index is 0.235. The van der Waals surface area contributed by atoms with Crippen molar-refractivity contribution in [2.24, 2.45) is 5.73 Å². The first-order valence-electron chi connectivity index (χ1n) is 6.96. The Bertz CT molecular complexity index is 974. The summed E-state index contributed by atoms with van der Waals surface area (Å²) < 4.78 is 15.9. The highest BCUT2D eigenvalue weighted by molar-refractivity contribution is 6.06. The second-order valence-corrected chi connectivity index (χ2v) is 5.12. The molecule has 0 aliphatic carbocycles. The maximum Gasteiger partial charge on any atom is 0.344 e. The van der Waals surface area contributed by atoms with Gasteiger partial charge < -0.3 is 19.6 Å². The SMILES string of the molecule is COc1ccc2c(c1)c(=O)oc1c(C)c(OCC(N)=O)ccc12. The zero-order valence-corrected chi connectivity index (χ0v) is 12.7. The van der Waals surface area contributed by atoms with Gasteiger partial charge in [-0.1, -0.05) is 0 Å². The molecule has 1 amide bonds. The van der Waals surface area contributed by atoms with Crippen LogP contribution < -0.4 is 20.8 Å². The van der Waals surface area contributed by atoms with Crippen LogP contribution in [0.1, 0.15) is 5.56 Å². The summed E-state index contributed by atoms with van der Waals surface area (Å²) in [5, 5.41) is 2.00. The molecule has 6 nitrogen and oxygen atoms in total. The van der Waals surface area contributed by atoms with Gasteiger partial charge in [-0.3, -0.25) is 4.79 Å². The van der Waals surface area contributed by atoms with Crippen molar-refractivity contribution in [1.29, 1.82) is 0 Å². The number of primary amides is 1. The standard InChI is InChI=1S/C17H15NO5/c1-9-14(22-8-15(18)19)6-5-12-11-4-3-10(21-2)7-13(11)17(20)23-16(9)12/h3-7H,8H2,1-2H3,(H2,18,19). The lowest BCUT2D eigenvalue weighted by Crippen LogP contribution is -2.20. The van der Waals surface area contributed by atoms with Crippen LogP contribution in [0.5, 0.6) is 11.5 Å². The summed E-state index contributed by atoms with van der Waals surface area (Å²) in [6, 6.07) is 8.76. The third-order valence-corrected chi connectivity index (χ3v) is 3.66. The van der Waals surface area contributed by atoms with Crippen LogP contribution >= 0.6 is 0 Å². The van der Waals surface area contributed by atoms with Gasteiger partial charge in [0.05, 0.1) is 12.5 Å². The van der Waals surface area contributed by atoms with Crippen molar-refractivity contribution in [3.05, 3.63) is 46.3 Å². The van der Waals surface area contributed by atoms with Gasteiger partial charge in [-0.25, -0.2) is 4.79 Å². The Morgan fingerprint density at radius 3 is 2.61 bits per heavy atom. The minimum Gasteiger partial charge on any atom is -0.497 e. The summed E-state index contributed by atoms with van der Waals surface area (Å²) in [6.45, 7) is 1.53. The number of fused-ring (bicyclic) bond motifs is 3. The van der Waals surface area contributed by atoms with Crippen LogP contribution in [0.2, 0.25) is 0 Å². The largest absolute Gasteiger partial charge is 0.497 e. The molecule has 1 heterocycles. The molecule has 2 N–H and O–H groups in total. The zero-order chi connectivity index (χ0) is 16.6. The van der Waals surface area contributed by atoms with Gasteiger partial charge in [-0.15, -0.1) is 0 Å². The number of hydrogen-bond acceptors (Lipinski definition) is 5. The third kappa shape index (κ3) is 2.59. The van der Waals surface area contributed by atoms with E-state index in [9.17, 15) is 9.59 Å². The first-order chi connectivity index (χ1) is 11.0. The van der Waals surface area contributed by atoms with Gasteiger partial charge in [-0.2, -0.15) is 0 Å². The van der Waals surface area contributed by atoms with Crippen molar-refractivity contribution in [3.63, 3.8) is 0 Å². The molecule has 0 aliphatic heterocycles. The fourth-order valence-corrected chi connectivity index (χ4v) is 2.52. The van der Waals surface area contributed by atoms with Crippen LogP contribution in [0.25, 0.3) is 21.7 Å². The summed E-state index contributed by atoms with van der Waals surface area (Å²) in [5.41, 5.74) is 5.69. The summed E-state index contributed by atoms with van der Waals surface area (Å²) >= 11 is 0. The van der Waals surface area contributed by atoms with Crippen LogP contribution in [0.4, 0.5) is 0 Å². The van der Waals surface area contributed by atoms with Crippen LogP contribution in [0.3, 0.4) is 0 Å². The second-order valence-electron chi connectivity index (χ2n) is 5.12. The molecule has 0 bridgehead atoms. The number of amides is 1. The molecule has 0 radical (unpaired) electrons. The van der Waals surface area contributed by atoms with Gasteiger partial charge in [0.15, 0.2) is 6.61 Å². The highest BCUT2D eigenvalue weighted by atomic mass is 16.5. The average molecular weight is 313 g/mol. The van der Waals surface area contributed by atoms with E-state index in [2.05, 4.69) is 0 Å². The Labute approximate surface area is 131 Å². The normalized spacial score (nSPS) is 10.9. The molecule has 0 saturated carbocycles. The van der Waals surface area contributed by atoms with Gasteiger partial charge in [0.2, 0.25) is 0 Å². The number of carbonyl (C=O) groups excluding carboxylic acids is 1. The molecule has 3 aromatic rings. The fourth-order valence-electron chi connectivity index (χ4n) is 2.52. The lowest BCUT2D eigenvalue weighted by molar-refractivity contribution is -0.119. The predicted octanol–water partition coefficient (Wildman–Crippen LogP) is 2.13. The van der Waals surface area contributed by atoms with E-state index in [0.29, 0.717) is 28.0 Å². The Balaban J connectivity index is 2.25. The van der Waals surface area contributed by atoms with E-state index in [1.807, 2.05) is 6.07 Å². The van der Waals surface area contributed by atoms with Crippen LogP contribution in [0.15, 0.2) is 39.5 Å². The number of hydrogen-bond donors (Lipinski definition) is 1. The minimum atomic E-state index is -0.573. The van der Waals surface area contributed by atoms with Crippen LogP contribution in [0, 0.1) is 6.92 Å². The Hall–Kier alpha value is -3.02. The summed E-state index contributed by atoms with van der Waals surface area (Å²) in [4.78, 5) is 23.1. The number of aryl methyl sites for hydroxylation is 1. The highest BCUT2D eigenvalue weighted by Crippen LogP contribution is 2.32. The average Bonchev–Trinajstić information content (AvgIpc) is 2.54. The molecular formula is C17H15NO5. The van der Waals surface area contributed by atoms with Gasteiger partial charge >= 0.3 is 5.63 Å². The van der Waals surface area contributed by atoms with Gasteiger partial charge in [0, 0.05) is 16.3 Å². The lowest BCUT2D eigenvalue weighted by atomic mass is 10.0. The molecule has 0 fully saturated rings. The number of benzene rings is 2. The number of nitrogens with two attached hydrogens (primary N) is 1. The van der Waals surface area contributed by atoms with Crippen molar-refractivity contribution >= 4 is 27.6 Å². The van der Waals surface area contributed by atoms with Crippen LogP contribution in [-0.4, -0.2) is 19.6 Å². The third-order valence-electron chi connectivity index (χ3n) is 3.66. The number of carbonyl (C=O) groups is 1. The maximum absolute atomic E-state index is 12.3. The maximum atomic E-state index is 12.3. The van der Waals surface area contributed by atoms with Gasteiger partial charge in [0.25, 0.3) is 5.91 Å². The van der Waals surface area contributed by atoms with E-state index >= 15 is 0 Å². The smallest absolute Gasteiger partial charge is 0.344 e. The quantitative estimate of drug-likeness (QED) is 0.588. The van der Waals surface area contributed by atoms with Crippen molar-refractivity contribution in [2.45, 2.75) is 6.92 Å². The fraction of sp³-hybridized carbons (Fsp3) is 0.176. The molecule has 2 aromatic carbocycles. The summed E-state index contributed by atoms with van der Waals surface area (Å²) in [7, 11) is 1.54. The van der Waals surface area contributed by atoms with Crippen LogP contribution in [-0.2, 0) is 4.79 Å². The molecule has 118 valence electrons. The van der Waals surface area contributed by atoms with Gasteiger partial charge in [-0.05, 0) is 37.3 Å². The van der Waals surface area contributed by atoms with E-state index in [1.54, 1.807) is 31.2 Å².